The fourth-order valence-corrected chi connectivity index (χ4v) is 1.09. The molecule has 0 saturated heterocycles. The van der Waals surface area contributed by atoms with E-state index in [1.54, 1.807) is 0 Å². The minimum absolute atomic E-state index is 0.113. The lowest BCUT2D eigenvalue weighted by Crippen LogP contribution is -2.36. The Morgan fingerprint density at radius 3 is 1.53 bits per heavy atom. The highest BCUT2D eigenvalue weighted by atomic mass is 14.7. The second-order valence-corrected chi connectivity index (χ2v) is 7.65. The minimum Gasteiger partial charge on any atom is -0.265 e. The Morgan fingerprint density at radius 1 is 0.824 bits per heavy atom. The maximum Gasteiger partial charge on any atom is 0.0261 e. The number of aliphatic imine (C=N–C) groups is 1. The van der Waals surface area contributed by atoms with Crippen LogP contribution in [0, 0.1) is 16.2 Å². The molecule has 0 fully saturated rings. The first-order valence-electron chi connectivity index (χ1n) is 6.52. The van der Waals surface area contributed by atoms with Gasteiger partial charge in [-0.3, -0.25) is 4.99 Å². The number of hydrogen-bond acceptors (Lipinski definition) is 1. The summed E-state index contributed by atoms with van der Waals surface area (Å²) in [6.45, 7) is 22.3. The molecule has 0 saturated carbocycles. The van der Waals surface area contributed by atoms with Gasteiger partial charge in [-0.05, 0) is 30.3 Å². The molecule has 1 nitrogen and oxygen atoms in total. The van der Waals surface area contributed by atoms with Crippen molar-refractivity contribution >= 4 is 5.71 Å². The van der Waals surface area contributed by atoms with Gasteiger partial charge in [-0.1, -0.05) is 55.4 Å². The third kappa shape index (κ3) is 4.29. The molecular weight excluding hydrogens is 206 g/mol. The first kappa shape index (κ1) is 16.4. The molecule has 0 aromatic heterocycles. The summed E-state index contributed by atoms with van der Waals surface area (Å²) in [4.78, 5) is 4.68. The summed E-state index contributed by atoms with van der Waals surface area (Å²) in [6, 6.07) is 0. The zero-order valence-electron chi connectivity index (χ0n) is 13.5. The molecule has 17 heavy (non-hydrogen) atoms. The average molecular weight is 237 g/mol. The van der Waals surface area contributed by atoms with Crippen LogP contribution in [-0.4, -0.2) is 5.71 Å². The Morgan fingerprint density at radius 2 is 1.24 bits per heavy atom. The first-order valence-corrected chi connectivity index (χ1v) is 6.52. The van der Waals surface area contributed by atoms with Gasteiger partial charge in [0.05, 0.1) is 0 Å². The summed E-state index contributed by atoms with van der Waals surface area (Å²) in [5, 5.41) is 0. The molecule has 0 aliphatic heterocycles. The van der Waals surface area contributed by atoms with E-state index >= 15 is 0 Å². The Labute approximate surface area is 108 Å². The highest BCUT2D eigenvalue weighted by molar-refractivity contribution is 5.88. The molecule has 0 aliphatic rings. The number of hydrogen-bond donors (Lipinski definition) is 0. The summed E-state index contributed by atoms with van der Waals surface area (Å²) in [7, 11) is 0. The van der Waals surface area contributed by atoms with Crippen molar-refractivity contribution in [1.82, 2.24) is 0 Å². The summed E-state index contributed by atoms with van der Waals surface area (Å²) >= 11 is 0. The van der Waals surface area contributed by atoms with Crippen molar-refractivity contribution < 1.29 is 0 Å². The predicted molar refractivity (Wildman–Crippen MR) is 79.6 cm³/mol. The van der Waals surface area contributed by atoms with E-state index in [2.05, 4.69) is 74.2 Å². The van der Waals surface area contributed by atoms with Crippen molar-refractivity contribution in [2.75, 3.05) is 0 Å². The van der Waals surface area contributed by atoms with Gasteiger partial charge in [0.2, 0.25) is 0 Å². The third-order valence-electron chi connectivity index (χ3n) is 4.41. The topological polar surface area (TPSA) is 12.4 Å². The number of allylic oxidation sites excluding steroid dienone is 1. The molecule has 0 amide bonds. The Bertz CT molecular complexity index is 316. The molecule has 0 aromatic carbocycles. The van der Waals surface area contributed by atoms with Gasteiger partial charge < -0.3 is 0 Å². The van der Waals surface area contributed by atoms with Crippen molar-refractivity contribution in [1.29, 1.82) is 0 Å². The van der Waals surface area contributed by atoms with Crippen molar-refractivity contribution in [2.24, 2.45) is 21.2 Å². The molecule has 0 aliphatic carbocycles. The molecule has 0 unspecified atom stereocenters. The van der Waals surface area contributed by atoms with Gasteiger partial charge in [0.15, 0.2) is 0 Å². The van der Waals surface area contributed by atoms with Crippen molar-refractivity contribution in [3.05, 3.63) is 11.8 Å². The molecule has 0 atom stereocenters. The molecule has 0 rings (SSSR count). The second kappa shape index (κ2) is 4.96. The van der Waals surface area contributed by atoms with Crippen LogP contribution in [-0.2, 0) is 0 Å². The molecule has 0 heterocycles. The van der Waals surface area contributed by atoms with Crippen LogP contribution in [0.3, 0.4) is 0 Å². The van der Waals surface area contributed by atoms with Crippen LogP contribution in [0.1, 0.15) is 69.2 Å². The fourth-order valence-electron chi connectivity index (χ4n) is 1.09. The Balaban J connectivity index is 5.15. The smallest absolute Gasteiger partial charge is 0.0261 e. The monoisotopic (exact) mass is 237 g/mol. The zero-order valence-corrected chi connectivity index (χ0v) is 13.5. The highest BCUT2D eigenvalue weighted by Crippen LogP contribution is 2.39. The lowest BCUT2D eigenvalue weighted by molar-refractivity contribution is 0.215. The second-order valence-electron chi connectivity index (χ2n) is 7.65. The lowest BCUT2D eigenvalue weighted by atomic mass is 9.67. The Hall–Kier alpha value is -0.590. The Kier molecular flexibility index (Phi) is 4.78. The van der Waals surface area contributed by atoms with Crippen LogP contribution in [0.25, 0.3) is 0 Å². The van der Waals surface area contributed by atoms with Gasteiger partial charge in [-0.15, -0.1) is 0 Å². The van der Waals surface area contributed by atoms with E-state index in [9.17, 15) is 0 Å². The maximum atomic E-state index is 4.68. The van der Waals surface area contributed by atoms with Crippen molar-refractivity contribution in [3.8, 4) is 0 Å². The zero-order chi connectivity index (χ0) is 14.1. The molecule has 0 spiro atoms. The van der Waals surface area contributed by atoms with Crippen LogP contribution in [0.4, 0.5) is 0 Å². The van der Waals surface area contributed by atoms with Crippen LogP contribution in [0.2, 0.25) is 0 Å². The lowest BCUT2D eigenvalue weighted by Gasteiger charge is -2.38. The first-order chi connectivity index (χ1) is 7.30. The van der Waals surface area contributed by atoms with E-state index in [-0.39, 0.29) is 16.2 Å². The van der Waals surface area contributed by atoms with Gasteiger partial charge in [0.25, 0.3) is 0 Å². The standard InChI is InChI=1S/C16H31N/c1-12(14(3,4)5)11-17-13(2)16(9,10)15(6,7)8/h11H,1-10H3/b12-11+,17-13+. The summed E-state index contributed by atoms with van der Waals surface area (Å²) in [5.41, 5.74) is 3.07. The maximum absolute atomic E-state index is 4.68. The van der Waals surface area contributed by atoms with Gasteiger partial charge in [0, 0.05) is 17.3 Å². The molecule has 0 bridgehead atoms. The summed E-state index contributed by atoms with van der Waals surface area (Å²) in [6.07, 6.45) is 2.03. The van der Waals surface area contributed by atoms with Crippen molar-refractivity contribution in [2.45, 2.75) is 69.2 Å². The largest absolute Gasteiger partial charge is 0.265 e. The van der Waals surface area contributed by atoms with E-state index in [4.69, 9.17) is 0 Å². The predicted octanol–water partition coefficient (Wildman–Crippen LogP) is 5.47. The third-order valence-corrected chi connectivity index (χ3v) is 4.41. The number of nitrogens with zero attached hydrogens (tertiary/aromatic N) is 1. The van der Waals surface area contributed by atoms with Gasteiger partial charge in [0.1, 0.15) is 0 Å². The van der Waals surface area contributed by atoms with Crippen LogP contribution < -0.4 is 0 Å². The average Bonchev–Trinajstić information content (AvgIpc) is 2.09. The molecule has 0 aromatic rings. The summed E-state index contributed by atoms with van der Waals surface area (Å²) in [5.74, 6) is 0. The molecule has 0 radical (unpaired) electrons. The van der Waals surface area contributed by atoms with E-state index in [1.165, 1.54) is 11.3 Å². The minimum atomic E-state index is 0.113. The summed E-state index contributed by atoms with van der Waals surface area (Å²) < 4.78 is 0. The number of rotatable bonds is 2. The highest BCUT2D eigenvalue weighted by Gasteiger charge is 2.35. The van der Waals surface area contributed by atoms with Crippen LogP contribution in [0.5, 0.6) is 0 Å². The fraction of sp³-hybridized carbons (Fsp3) is 0.812. The van der Waals surface area contributed by atoms with Crippen LogP contribution in [0.15, 0.2) is 16.8 Å². The molecule has 0 N–H and O–H groups in total. The van der Waals surface area contributed by atoms with E-state index in [0.29, 0.717) is 0 Å². The van der Waals surface area contributed by atoms with E-state index < -0.39 is 0 Å². The van der Waals surface area contributed by atoms with Gasteiger partial charge in [-0.25, -0.2) is 0 Å². The molecular formula is C16H31N. The van der Waals surface area contributed by atoms with E-state index in [0.717, 1.165) is 0 Å². The van der Waals surface area contributed by atoms with Gasteiger partial charge >= 0.3 is 0 Å². The van der Waals surface area contributed by atoms with Crippen LogP contribution >= 0.6 is 0 Å². The normalized spacial score (nSPS) is 16.4. The SMILES string of the molecule is C/C(=C\N=C(/C)C(C)(C)C(C)(C)C)C(C)(C)C. The van der Waals surface area contributed by atoms with Gasteiger partial charge in [-0.2, -0.15) is 0 Å². The van der Waals surface area contributed by atoms with Crippen molar-refractivity contribution in [3.63, 3.8) is 0 Å². The molecule has 100 valence electrons. The quantitative estimate of drug-likeness (QED) is 0.565. The van der Waals surface area contributed by atoms with E-state index in [1.807, 2.05) is 6.20 Å². The molecule has 1 heteroatoms.